The number of likely N-dealkylation sites (tertiary alicyclic amines) is 6. The lowest BCUT2D eigenvalue weighted by atomic mass is 9.82. The number of likely N-dealkylation sites (N-methyl/N-ethyl adjacent to an activating group) is 5. The van der Waals surface area contributed by atoms with E-state index >= 15 is 0 Å². The summed E-state index contributed by atoms with van der Waals surface area (Å²) in [5.41, 5.74) is 0.447. The molecule has 9 saturated heterocycles. The van der Waals surface area contributed by atoms with Crippen molar-refractivity contribution < 1.29 is 93.3 Å². The molecular formula is C92H181FN11O8+11. The number of nitrogens with zero attached hydrogens (tertiary/aromatic N) is 11. The van der Waals surface area contributed by atoms with Crippen molar-refractivity contribution in [1.82, 2.24) is 0 Å². The normalized spacial score (nSPS) is 25.3. The van der Waals surface area contributed by atoms with Gasteiger partial charge in [0.05, 0.1) is 249 Å². The van der Waals surface area contributed by atoms with Gasteiger partial charge >= 0.3 is 0 Å². The lowest BCUT2D eigenvalue weighted by Crippen LogP contribution is -2.61. The van der Waals surface area contributed by atoms with Gasteiger partial charge in [-0.25, -0.2) is 0 Å². The molecule has 20 heteroatoms. The van der Waals surface area contributed by atoms with Gasteiger partial charge in [-0.3, -0.25) is 23.7 Å². The maximum atomic E-state index is 12.2. The van der Waals surface area contributed by atoms with Gasteiger partial charge < -0.3 is 65.3 Å². The number of rotatable bonds is 24. The van der Waals surface area contributed by atoms with Crippen LogP contribution < -0.4 is 0 Å². The molecule has 0 aromatic heterocycles. The number of halogens is 1. The minimum absolute atomic E-state index is 0.0257. The lowest BCUT2D eigenvalue weighted by Gasteiger charge is -2.50. The van der Waals surface area contributed by atoms with E-state index in [4.69, 9.17) is 47.4 Å². The van der Waals surface area contributed by atoms with Crippen LogP contribution in [0.25, 0.3) is 0 Å². The average molecular weight is 1590 g/mol. The Balaban J connectivity index is -0.00000117. The van der Waals surface area contributed by atoms with Crippen molar-refractivity contribution in [1.29, 1.82) is 0 Å². The summed E-state index contributed by atoms with van der Waals surface area (Å²) in [7, 11) is 31.7. The van der Waals surface area contributed by atoms with Gasteiger partial charge in [0.25, 0.3) is 0 Å². The van der Waals surface area contributed by atoms with E-state index in [2.05, 4.69) is 120 Å². The number of piperidine rings is 6. The summed E-state index contributed by atoms with van der Waals surface area (Å²) < 4.78 is 22.2. The predicted molar refractivity (Wildman–Crippen MR) is 468 cm³/mol. The number of fused-ring (bicyclic) bond motifs is 3. The topological polar surface area (TPSA) is 149 Å². The van der Waals surface area contributed by atoms with Crippen molar-refractivity contribution in [3.63, 3.8) is 0 Å². The van der Waals surface area contributed by atoms with Gasteiger partial charge in [-0.2, -0.15) is 4.39 Å². The van der Waals surface area contributed by atoms with Gasteiger partial charge in [-0.1, -0.05) is 19.4 Å². The summed E-state index contributed by atoms with van der Waals surface area (Å²) >= 11 is 0. The first-order valence-corrected chi connectivity index (χ1v) is 43.1. The monoisotopic (exact) mass is 1590 g/mol. The van der Waals surface area contributed by atoms with E-state index in [9.17, 15) is 28.7 Å². The summed E-state index contributed by atoms with van der Waals surface area (Å²) in [5, 5.41) is 36.5. The van der Waals surface area contributed by atoms with Crippen LogP contribution in [0.1, 0.15) is 184 Å². The molecule has 0 radical (unpaired) electrons. The number of aliphatic hydroxyl groups is 4. The Bertz CT molecular complexity index is 2790. The molecule has 0 spiro atoms. The third kappa shape index (κ3) is 48.9. The molecule has 112 heavy (non-hydrogen) atoms. The van der Waals surface area contributed by atoms with Crippen LogP contribution in [0.5, 0.6) is 0 Å². The highest BCUT2D eigenvalue weighted by atomic mass is 19.1. The SMILES string of the molecule is C#CC[C@@H](C(C)=O)[N+](C)(C)C.C#CC[N+](C)(CF)CCO.C#CC[N+]1(CC(C)=O)CCCC1.C#CC[N+]1(CC(C)=O)CCCCC1.C#CC[N+]1(CCC)CCCCC1.C=C(C[N+](C)(C)C)C(C)=O.CC[N+](C)(C)C.CC[N+]1(C)CCCC[C@@H]1CO.CC[N+]1(C)CCC[C@@H]1CO.C[N+]1(C)CCCC1.C[N+]12CCC(O)(CC1)CC2. The molecule has 9 rings (SSSR count). The van der Waals surface area contributed by atoms with Crippen LogP contribution in [0.2, 0.25) is 0 Å². The number of Topliss-reactive ketones (excluding diaryl/α,β-unsaturated/α-hetero) is 4. The second-order valence-electron chi connectivity index (χ2n) is 38.8. The Morgan fingerprint density at radius 1 is 0.509 bits per heavy atom. The molecule has 648 valence electrons. The first-order chi connectivity index (χ1) is 51.9. The first kappa shape index (κ1) is 112. The summed E-state index contributed by atoms with van der Waals surface area (Å²) in [5.74, 6) is 13.9. The van der Waals surface area contributed by atoms with Crippen molar-refractivity contribution >= 4 is 23.1 Å². The van der Waals surface area contributed by atoms with Crippen molar-refractivity contribution in [2.24, 2.45) is 0 Å². The summed E-state index contributed by atoms with van der Waals surface area (Å²) in [6.07, 6.45) is 50.6. The van der Waals surface area contributed by atoms with Crippen LogP contribution >= 0.6 is 0 Å². The van der Waals surface area contributed by atoms with Gasteiger partial charge in [-0.15, -0.1) is 32.1 Å². The highest BCUT2D eigenvalue weighted by Gasteiger charge is 2.46. The van der Waals surface area contributed by atoms with Crippen LogP contribution in [-0.2, 0) is 19.2 Å². The van der Waals surface area contributed by atoms with Crippen molar-refractivity contribution in [2.45, 2.75) is 208 Å². The highest BCUT2D eigenvalue weighted by molar-refractivity contribution is 5.92. The van der Waals surface area contributed by atoms with E-state index in [-0.39, 0.29) is 45.9 Å². The largest absolute Gasteiger partial charge is 0.391 e. The first-order valence-electron chi connectivity index (χ1n) is 43.1. The second kappa shape index (κ2) is 56.0. The number of alkyl halides is 1. The summed E-state index contributed by atoms with van der Waals surface area (Å²) in [6.45, 7) is 44.9. The number of carbonyl (C=O) groups is 4. The molecule has 0 aliphatic carbocycles. The molecule has 0 amide bonds. The molecule has 9 fully saturated rings. The van der Waals surface area contributed by atoms with Crippen LogP contribution in [-0.4, -0.2) is 413 Å². The zero-order valence-electron chi connectivity index (χ0n) is 77.2. The van der Waals surface area contributed by atoms with Crippen molar-refractivity contribution in [3.05, 3.63) is 12.2 Å². The predicted octanol–water partition coefficient (Wildman–Crippen LogP) is 9.09. The summed E-state index contributed by atoms with van der Waals surface area (Å²) in [4.78, 5) is 43.9. The van der Waals surface area contributed by atoms with E-state index < -0.39 is 6.80 Å². The van der Waals surface area contributed by atoms with Gasteiger partial charge in [-0.05, 0) is 109 Å². The van der Waals surface area contributed by atoms with Gasteiger partial charge in [0.2, 0.25) is 6.80 Å². The molecule has 9 aliphatic heterocycles. The van der Waals surface area contributed by atoms with E-state index in [1.165, 1.54) is 188 Å². The number of hydrogen-bond acceptors (Lipinski definition) is 8. The highest BCUT2D eigenvalue weighted by Crippen LogP contribution is 2.35. The molecule has 2 bridgehead atoms. The van der Waals surface area contributed by atoms with Crippen molar-refractivity contribution in [2.75, 3.05) is 296 Å². The summed E-state index contributed by atoms with van der Waals surface area (Å²) in [6, 6.07) is 0.971. The fourth-order valence-corrected chi connectivity index (χ4v) is 16.3. The molecule has 0 aromatic rings. The number of ketones is 4. The van der Waals surface area contributed by atoms with Gasteiger partial charge in [0, 0.05) is 90.6 Å². The van der Waals surface area contributed by atoms with Crippen LogP contribution in [0.3, 0.4) is 0 Å². The number of aliphatic hydroxyl groups excluding tert-OH is 3. The van der Waals surface area contributed by atoms with E-state index in [0.717, 1.165) is 112 Å². The average Bonchev–Trinajstić information content (AvgIpc) is 0.988. The fraction of sp³-hybridized carbons (Fsp3) is 0.826. The molecule has 19 nitrogen and oxygen atoms in total. The van der Waals surface area contributed by atoms with Crippen molar-refractivity contribution in [3.8, 4) is 61.7 Å². The van der Waals surface area contributed by atoms with E-state index in [1.807, 2.05) is 42.3 Å². The molecule has 9 aliphatic rings. The molecule has 9 heterocycles. The number of terminal acetylenes is 5. The maximum Gasteiger partial charge on any atom is 0.222 e. The van der Waals surface area contributed by atoms with E-state index in [0.29, 0.717) is 68.0 Å². The minimum atomic E-state index is -0.523. The molecule has 0 saturated carbocycles. The zero-order valence-corrected chi connectivity index (χ0v) is 77.2. The van der Waals surface area contributed by atoms with Gasteiger partial charge in [0.15, 0.2) is 29.2 Å². The Morgan fingerprint density at radius 3 is 1.12 bits per heavy atom. The Morgan fingerprint density at radius 2 is 0.875 bits per heavy atom. The number of quaternary nitrogens is 11. The Labute approximate surface area is 690 Å². The third-order valence-electron chi connectivity index (χ3n) is 24.8. The molecule has 4 N–H and O–H groups in total. The standard InChI is InChI=1S/C11H18NO.C11H20N.C10H16NO.C9H20NO.C9H16NO.C8H16NO.C8H18NO.C8H16NO.C7H13FNO.C6H14N.C5H14N/c1-3-7-12(10-11(2)13)8-5-4-6-9-12;1-3-8-12(9-4-2)10-6-5-7-11-12;1-3-6-11(9-10(2)12)7-4-5-8-11;1-3-10(2)7-5-4-6-9(10)8-11;1-6-7-9(8(2)11)10(3,4)5;1-9-5-2-8(10,3-6-9)4-7-9;1-3-9(2)6-4-5-8(9)7-10;1-7(8(2)10)6-9(3,4)5;1-3-4-9(2,7-8)5-6-10;1-7(2)5-3-4-6-7;1-5-6(2,3)4/h1H,4-10H2,2H3;1H,4-11H2,2H3;1H,4-9H2,2H3;9,11H,3-8H2,1-2H3;1,9H,7H2,2-5H3;10H,2-7H2,1H3;8,10H,3-7H2,1-2H3;1,6H2,2-5H3;1,10H,4-7H2,2H3;3-6H2,1-2H3;5H2,1-4H3/q11*+1/t;;;9-,10?;9-;;8-,9?;;;;/m...10.1..../s1. The van der Waals surface area contributed by atoms with Crippen LogP contribution in [0.4, 0.5) is 4.39 Å². The molecule has 3 unspecified atom stereocenters. The number of hydrogen-bond donors (Lipinski definition) is 4. The quantitative estimate of drug-likeness (QED) is 0.0324. The fourth-order valence-electron chi connectivity index (χ4n) is 16.3. The Hall–Kier alpha value is -4.45. The lowest BCUT2D eigenvalue weighted by molar-refractivity contribution is -0.937. The van der Waals surface area contributed by atoms with Crippen LogP contribution in [0, 0.1) is 61.7 Å². The molecular weight excluding hydrogens is 1410 g/mol. The Kier molecular flexibility index (Phi) is 55.9. The maximum absolute atomic E-state index is 12.2. The smallest absolute Gasteiger partial charge is 0.222 e. The number of carbonyl (C=O) groups excluding carboxylic acids is 4. The second-order valence-corrected chi connectivity index (χ2v) is 38.8. The minimum Gasteiger partial charge on any atom is -0.391 e. The molecule has 0 aromatic carbocycles. The zero-order chi connectivity index (χ0) is 86.8. The van der Waals surface area contributed by atoms with Gasteiger partial charge in [0.1, 0.15) is 64.4 Å². The third-order valence-corrected chi connectivity index (χ3v) is 24.8. The van der Waals surface area contributed by atoms with E-state index in [1.54, 1.807) is 34.7 Å². The molecule has 6 atom stereocenters. The van der Waals surface area contributed by atoms with Crippen LogP contribution in [0.15, 0.2) is 12.2 Å².